The van der Waals surface area contributed by atoms with Gasteiger partial charge in [-0.2, -0.15) is 18.3 Å². The van der Waals surface area contributed by atoms with Crippen molar-refractivity contribution in [2.24, 2.45) is 5.16 Å². The molecule has 13 heteroatoms. The number of rotatable bonds is 7. The molecule has 2 heterocycles. The minimum Gasteiger partial charge on any atom is -0.399 e. The summed E-state index contributed by atoms with van der Waals surface area (Å²) in [5.74, 6) is -1.31. The zero-order chi connectivity index (χ0) is 25.8. The molecule has 9 nitrogen and oxygen atoms in total. The number of hydrogen-bond acceptors (Lipinski definition) is 6. The minimum atomic E-state index is -4.61. The van der Waals surface area contributed by atoms with E-state index >= 15 is 0 Å². The lowest BCUT2D eigenvalue weighted by Crippen LogP contribution is -2.23. The summed E-state index contributed by atoms with van der Waals surface area (Å²) in [6.07, 6.45) is -0.899. The SMILES string of the molecule is CNC(=O)c1cc(C=NOC)cc(C)c1NC(=O)c1cnn(CC(F)(F)F)c1-c1ncccc1Cl. The van der Waals surface area contributed by atoms with E-state index in [2.05, 4.69) is 30.7 Å². The summed E-state index contributed by atoms with van der Waals surface area (Å²) in [4.78, 5) is 34.5. The minimum absolute atomic E-state index is 0.0366. The number of hydrogen-bond donors (Lipinski definition) is 2. The molecule has 3 aromatic rings. The third kappa shape index (κ3) is 5.96. The second kappa shape index (κ2) is 10.6. The molecule has 2 aromatic heterocycles. The zero-order valence-electron chi connectivity index (χ0n) is 18.8. The van der Waals surface area contributed by atoms with E-state index in [4.69, 9.17) is 11.6 Å². The molecule has 0 aliphatic rings. The van der Waals surface area contributed by atoms with Crippen LogP contribution in [0.5, 0.6) is 0 Å². The number of pyridine rings is 1. The molecule has 0 radical (unpaired) electrons. The number of halogens is 4. The van der Waals surface area contributed by atoms with Gasteiger partial charge in [0.25, 0.3) is 11.8 Å². The van der Waals surface area contributed by atoms with E-state index in [1.165, 1.54) is 44.8 Å². The van der Waals surface area contributed by atoms with E-state index in [1.807, 2.05) is 0 Å². The number of alkyl halides is 3. The molecule has 0 unspecified atom stereocenters. The van der Waals surface area contributed by atoms with Crippen molar-refractivity contribution in [1.82, 2.24) is 20.1 Å². The number of amides is 2. The van der Waals surface area contributed by atoms with Gasteiger partial charge >= 0.3 is 6.18 Å². The highest BCUT2D eigenvalue weighted by atomic mass is 35.5. The summed E-state index contributed by atoms with van der Waals surface area (Å²) >= 11 is 6.17. The van der Waals surface area contributed by atoms with Crippen LogP contribution in [0.15, 0.2) is 41.8 Å². The van der Waals surface area contributed by atoms with E-state index in [0.29, 0.717) is 15.8 Å². The van der Waals surface area contributed by atoms with Crippen LogP contribution < -0.4 is 10.6 Å². The smallest absolute Gasteiger partial charge is 0.399 e. The number of nitrogens with one attached hydrogen (secondary N) is 2. The van der Waals surface area contributed by atoms with Gasteiger partial charge in [-0.15, -0.1) is 0 Å². The lowest BCUT2D eigenvalue weighted by molar-refractivity contribution is -0.142. The maximum absolute atomic E-state index is 13.3. The molecule has 35 heavy (non-hydrogen) atoms. The van der Waals surface area contributed by atoms with E-state index in [-0.39, 0.29) is 33.2 Å². The number of benzene rings is 1. The third-order valence-electron chi connectivity index (χ3n) is 4.77. The zero-order valence-corrected chi connectivity index (χ0v) is 19.5. The number of anilines is 1. The van der Waals surface area contributed by atoms with E-state index in [9.17, 15) is 22.8 Å². The summed E-state index contributed by atoms with van der Waals surface area (Å²) in [5, 5.41) is 12.6. The molecule has 0 aliphatic carbocycles. The van der Waals surface area contributed by atoms with Crippen molar-refractivity contribution in [3.8, 4) is 11.4 Å². The summed E-state index contributed by atoms with van der Waals surface area (Å²) in [5.41, 5.74) is 0.826. The Morgan fingerprint density at radius 2 is 2.00 bits per heavy atom. The summed E-state index contributed by atoms with van der Waals surface area (Å²) in [6.45, 7) is 0.189. The number of carbonyl (C=O) groups excluding carboxylic acids is 2. The standard InChI is InChI=1S/C22H20ClF3N6O3/c1-12-7-13(9-30-35-3)8-14(20(33)27-2)17(12)31-21(34)15-10-29-32(11-22(24,25)26)19(15)18-16(23)5-4-6-28-18/h4-10H,11H2,1-3H3,(H,27,33)(H,31,34). The van der Waals surface area contributed by atoms with Crippen molar-refractivity contribution < 1.29 is 27.6 Å². The molecule has 0 bridgehead atoms. The summed E-state index contributed by atoms with van der Waals surface area (Å²) in [6, 6.07) is 6.07. The van der Waals surface area contributed by atoms with Gasteiger partial charge in [-0.05, 0) is 42.3 Å². The number of aromatic nitrogens is 3. The topological polar surface area (TPSA) is 110 Å². The second-order valence-corrected chi connectivity index (χ2v) is 7.63. The first-order valence-corrected chi connectivity index (χ1v) is 10.4. The van der Waals surface area contributed by atoms with Crippen LogP contribution in [0.4, 0.5) is 18.9 Å². The largest absolute Gasteiger partial charge is 0.408 e. The van der Waals surface area contributed by atoms with Crippen LogP contribution in [-0.2, 0) is 11.4 Å². The fourth-order valence-electron chi connectivity index (χ4n) is 3.31. The van der Waals surface area contributed by atoms with Gasteiger partial charge in [0.2, 0.25) is 0 Å². The van der Waals surface area contributed by atoms with Crippen LogP contribution in [0.1, 0.15) is 31.8 Å². The molecule has 0 atom stereocenters. The molecule has 0 spiro atoms. The highest BCUT2D eigenvalue weighted by Gasteiger charge is 2.32. The second-order valence-electron chi connectivity index (χ2n) is 7.22. The normalized spacial score (nSPS) is 11.5. The van der Waals surface area contributed by atoms with Crippen LogP contribution in [0.25, 0.3) is 11.4 Å². The van der Waals surface area contributed by atoms with Crippen LogP contribution in [-0.4, -0.2) is 53.1 Å². The predicted octanol–water partition coefficient (Wildman–Crippen LogP) is 4.06. The lowest BCUT2D eigenvalue weighted by atomic mass is 10.0. The molecule has 2 N–H and O–H groups in total. The monoisotopic (exact) mass is 508 g/mol. The van der Waals surface area contributed by atoms with E-state index in [1.54, 1.807) is 13.0 Å². The maximum atomic E-state index is 13.3. The summed E-state index contributed by atoms with van der Waals surface area (Å²) < 4.78 is 40.1. The van der Waals surface area contributed by atoms with Gasteiger partial charge in [0.15, 0.2) is 0 Å². The Bertz CT molecular complexity index is 1290. The van der Waals surface area contributed by atoms with Crippen molar-refractivity contribution in [2.45, 2.75) is 19.6 Å². The predicted molar refractivity (Wildman–Crippen MR) is 124 cm³/mol. The molecule has 184 valence electrons. The van der Waals surface area contributed by atoms with Gasteiger partial charge in [0.05, 0.1) is 34.2 Å². The molecular formula is C22H20ClF3N6O3. The van der Waals surface area contributed by atoms with Crippen LogP contribution in [0, 0.1) is 6.92 Å². The molecule has 2 amide bonds. The van der Waals surface area contributed by atoms with Crippen molar-refractivity contribution in [2.75, 3.05) is 19.5 Å². The number of nitrogens with zero attached hydrogens (tertiary/aromatic N) is 4. The Hall–Kier alpha value is -3.93. The Morgan fingerprint density at radius 1 is 1.26 bits per heavy atom. The third-order valence-corrected chi connectivity index (χ3v) is 5.08. The van der Waals surface area contributed by atoms with Crippen LogP contribution >= 0.6 is 11.6 Å². The Kier molecular flexibility index (Phi) is 7.75. The van der Waals surface area contributed by atoms with Crippen molar-refractivity contribution in [1.29, 1.82) is 0 Å². The van der Waals surface area contributed by atoms with Crippen molar-refractivity contribution in [3.05, 3.63) is 63.9 Å². The van der Waals surface area contributed by atoms with Gasteiger partial charge in [-0.25, -0.2) is 0 Å². The quantitative estimate of drug-likeness (QED) is 0.369. The fourth-order valence-corrected chi connectivity index (χ4v) is 3.53. The van der Waals surface area contributed by atoms with Gasteiger partial charge in [0.1, 0.15) is 25.0 Å². The fraction of sp³-hybridized carbons (Fsp3) is 0.227. The first kappa shape index (κ1) is 25.7. The Balaban J connectivity index is 2.10. The molecule has 0 fully saturated rings. The van der Waals surface area contributed by atoms with E-state index in [0.717, 1.165) is 6.20 Å². The van der Waals surface area contributed by atoms with Crippen molar-refractivity contribution >= 4 is 35.3 Å². The summed E-state index contributed by atoms with van der Waals surface area (Å²) in [7, 11) is 2.78. The molecular weight excluding hydrogens is 489 g/mol. The highest BCUT2D eigenvalue weighted by Crippen LogP contribution is 2.32. The van der Waals surface area contributed by atoms with Gasteiger partial charge in [-0.3, -0.25) is 19.3 Å². The van der Waals surface area contributed by atoms with Crippen molar-refractivity contribution in [3.63, 3.8) is 0 Å². The Labute approximate surface area is 202 Å². The number of oxime groups is 1. The lowest BCUT2D eigenvalue weighted by Gasteiger charge is -2.15. The molecule has 3 rings (SSSR count). The first-order chi connectivity index (χ1) is 16.6. The number of aryl methyl sites for hydroxylation is 1. The molecule has 0 aliphatic heterocycles. The van der Waals surface area contributed by atoms with Gasteiger partial charge in [-0.1, -0.05) is 16.8 Å². The van der Waals surface area contributed by atoms with E-state index < -0.39 is 24.5 Å². The molecule has 0 saturated heterocycles. The average Bonchev–Trinajstić information content (AvgIpc) is 3.20. The average molecular weight is 509 g/mol. The highest BCUT2D eigenvalue weighted by molar-refractivity contribution is 6.33. The molecule has 1 aromatic carbocycles. The van der Waals surface area contributed by atoms with Crippen LogP contribution in [0.2, 0.25) is 5.02 Å². The first-order valence-electron chi connectivity index (χ1n) is 10.0. The number of carbonyl (C=O) groups is 2. The maximum Gasteiger partial charge on any atom is 0.408 e. The van der Waals surface area contributed by atoms with Gasteiger partial charge in [0, 0.05) is 13.2 Å². The van der Waals surface area contributed by atoms with Crippen LogP contribution in [0.3, 0.4) is 0 Å². The molecule has 0 saturated carbocycles. The Morgan fingerprint density at radius 3 is 2.63 bits per heavy atom. The van der Waals surface area contributed by atoms with Gasteiger partial charge < -0.3 is 15.5 Å².